The van der Waals surface area contributed by atoms with Crippen molar-refractivity contribution in [2.24, 2.45) is 5.92 Å². The molecular weight excluding hydrogens is 337 g/mol. The summed E-state index contributed by atoms with van der Waals surface area (Å²) in [5.74, 6) is -0.461. The maximum Gasteiger partial charge on any atom is 0.406 e. The van der Waals surface area contributed by atoms with Crippen molar-refractivity contribution in [3.8, 4) is 0 Å². The second-order valence-corrected chi connectivity index (χ2v) is 5.93. The molecule has 1 aromatic heterocycles. The van der Waals surface area contributed by atoms with E-state index in [1.807, 2.05) is 0 Å². The molecule has 0 spiro atoms. The number of pyridine rings is 1. The number of rotatable bonds is 4. The molecule has 0 aromatic carbocycles. The van der Waals surface area contributed by atoms with Crippen LogP contribution in [-0.2, 0) is 0 Å². The fraction of sp³-hybridized carbons (Fsp3) is 0.538. The number of nitrogens with zero attached hydrogens (tertiary/aromatic N) is 2. The van der Waals surface area contributed by atoms with E-state index in [1.54, 1.807) is 6.92 Å². The normalized spacial score (nSPS) is 16.9. The van der Waals surface area contributed by atoms with Gasteiger partial charge in [0.05, 0.1) is 5.56 Å². The van der Waals surface area contributed by atoms with E-state index in [9.17, 15) is 18.0 Å². The Morgan fingerprint density at radius 1 is 1.50 bits per heavy atom. The van der Waals surface area contributed by atoms with Crippen LogP contribution in [0.2, 0.25) is 0 Å². The topological polar surface area (TPSA) is 33.2 Å². The summed E-state index contributed by atoms with van der Waals surface area (Å²) in [4.78, 5) is 17.0. The van der Waals surface area contributed by atoms with Gasteiger partial charge in [-0.2, -0.15) is 13.2 Å². The van der Waals surface area contributed by atoms with E-state index < -0.39 is 24.7 Å². The van der Waals surface area contributed by atoms with Gasteiger partial charge in [0.15, 0.2) is 0 Å². The molecule has 0 N–H and O–H groups in total. The molecule has 0 bridgehead atoms. The average Bonchev–Trinajstić information content (AvgIpc) is 3.17. The first-order chi connectivity index (χ1) is 9.28. The van der Waals surface area contributed by atoms with Gasteiger partial charge in [-0.05, 0) is 47.7 Å². The third-order valence-electron chi connectivity index (χ3n) is 3.36. The molecule has 1 fully saturated rings. The summed E-state index contributed by atoms with van der Waals surface area (Å²) in [6.45, 7) is 0.447. The van der Waals surface area contributed by atoms with E-state index in [0.29, 0.717) is 4.47 Å². The van der Waals surface area contributed by atoms with Gasteiger partial charge in [0.2, 0.25) is 0 Å². The zero-order valence-electron chi connectivity index (χ0n) is 10.8. The Labute approximate surface area is 123 Å². The highest BCUT2D eigenvalue weighted by Crippen LogP contribution is 2.36. The molecule has 7 heteroatoms. The number of aromatic nitrogens is 1. The van der Waals surface area contributed by atoms with E-state index in [0.717, 1.165) is 17.7 Å². The number of hydrogen-bond acceptors (Lipinski definition) is 2. The van der Waals surface area contributed by atoms with Gasteiger partial charge in [-0.25, -0.2) is 0 Å². The van der Waals surface area contributed by atoms with Gasteiger partial charge in [-0.1, -0.05) is 0 Å². The van der Waals surface area contributed by atoms with Crippen LogP contribution in [0, 0.1) is 5.92 Å². The van der Waals surface area contributed by atoms with Crippen molar-refractivity contribution in [1.29, 1.82) is 0 Å². The van der Waals surface area contributed by atoms with E-state index in [4.69, 9.17) is 0 Å². The SMILES string of the molecule is CC(C1CC1)N(CC(F)(F)F)C(=O)c1cncc(Br)c1. The minimum absolute atomic E-state index is 0.163. The summed E-state index contributed by atoms with van der Waals surface area (Å²) in [5, 5.41) is 0. The minimum Gasteiger partial charge on any atom is -0.327 e. The number of amides is 1. The van der Waals surface area contributed by atoms with Gasteiger partial charge in [0.25, 0.3) is 5.91 Å². The number of halogens is 4. The molecule has 0 saturated heterocycles. The largest absolute Gasteiger partial charge is 0.406 e. The Morgan fingerprint density at radius 2 is 2.15 bits per heavy atom. The smallest absolute Gasteiger partial charge is 0.327 e. The van der Waals surface area contributed by atoms with Gasteiger partial charge < -0.3 is 4.90 Å². The maximum atomic E-state index is 12.7. The van der Waals surface area contributed by atoms with Crippen LogP contribution >= 0.6 is 15.9 Å². The third-order valence-corrected chi connectivity index (χ3v) is 3.79. The zero-order chi connectivity index (χ0) is 14.9. The van der Waals surface area contributed by atoms with Gasteiger partial charge >= 0.3 is 6.18 Å². The number of carbonyl (C=O) groups is 1. The lowest BCUT2D eigenvalue weighted by molar-refractivity contribution is -0.144. The first-order valence-corrected chi connectivity index (χ1v) is 7.05. The molecular formula is C13H14BrF3N2O. The van der Waals surface area contributed by atoms with Crippen molar-refractivity contribution in [2.45, 2.75) is 32.0 Å². The number of alkyl halides is 3. The van der Waals surface area contributed by atoms with E-state index >= 15 is 0 Å². The van der Waals surface area contributed by atoms with Crippen LogP contribution in [0.15, 0.2) is 22.9 Å². The minimum atomic E-state index is -4.40. The Kier molecular flexibility index (Phi) is 4.36. The summed E-state index contributed by atoms with van der Waals surface area (Å²) >= 11 is 3.16. The molecule has 1 aromatic rings. The first-order valence-electron chi connectivity index (χ1n) is 6.26. The average molecular weight is 351 g/mol. The van der Waals surface area contributed by atoms with E-state index in [2.05, 4.69) is 20.9 Å². The molecule has 0 radical (unpaired) electrons. The van der Waals surface area contributed by atoms with E-state index in [1.165, 1.54) is 18.5 Å². The molecule has 0 aliphatic heterocycles. The summed E-state index contributed by atoms with van der Waals surface area (Å²) in [5.41, 5.74) is 0.163. The predicted octanol–water partition coefficient (Wildman–Crippen LogP) is 3.65. The summed E-state index contributed by atoms with van der Waals surface area (Å²) < 4.78 is 38.6. The van der Waals surface area contributed by atoms with Crippen molar-refractivity contribution in [1.82, 2.24) is 9.88 Å². The molecule has 110 valence electrons. The molecule has 1 aliphatic carbocycles. The molecule has 1 aliphatic rings. The number of carbonyl (C=O) groups excluding carboxylic acids is 1. The molecule has 2 rings (SSSR count). The molecule has 1 unspecified atom stereocenters. The zero-order valence-corrected chi connectivity index (χ0v) is 12.4. The van der Waals surface area contributed by atoms with Crippen molar-refractivity contribution in [2.75, 3.05) is 6.54 Å². The summed E-state index contributed by atoms with van der Waals surface area (Å²) in [6.07, 6.45) is 0.114. The van der Waals surface area contributed by atoms with Crippen molar-refractivity contribution in [3.05, 3.63) is 28.5 Å². The van der Waals surface area contributed by atoms with Gasteiger partial charge in [-0.15, -0.1) is 0 Å². The third kappa shape index (κ3) is 3.94. The molecule has 3 nitrogen and oxygen atoms in total. The first kappa shape index (κ1) is 15.3. The Morgan fingerprint density at radius 3 is 2.65 bits per heavy atom. The quantitative estimate of drug-likeness (QED) is 0.830. The van der Waals surface area contributed by atoms with Gasteiger partial charge in [0.1, 0.15) is 6.54 Å². The maximum absolute atomic E-state index is 12.7. The molecule has 1 amide bonds. The monoisotopic (exact) mass is 350 g/mol. The molecule has 20 heavy (non-hydrogen) atoms. The molecule has 1 saturated carbocycles. The van der Waals surface area contributed by atoms with E-state index in [-0.39, 0.29) is 11.5 Å². The van der Waals surface area contributed by atoms with Crippen LogP contribution in [0.4, 0.5) is 13.2 Å². The summed E-state index contributed by atoms with van der Waals surface area (Å²) in [7, 11) is 0. The van der Waals surface area contributed by atoms with Gasteiger partial charge in [0, 0.05) is 22.9 Å². The molecule has 1 atom stereocenters. The molecule has 1 heterocycles. The van der Waals surface area contributed by atoms with Crippen LogP contribution in [0.3, 0.4) is 0 Å². The number of hydrogen-bond donors (Lipinski definition) is 0. The Bertz CT molecular complexity index is 503. The second-order valence-electron chi connectivity index (χ2n) is 5.02. The van der Waals surface area contributed by atoms with Crippen LogP contribution in [0.1, 0.15) is 30.1 Å². The van der Waals surface area contributed by atoms with Gasteiger partial charge in [-0.3, -0.25) is 9.78 Å². The lowest BCUT2D eigenvalue weighted by Gasteiger charge is -2.30. The van der Waals surface area contributed by atoms with Crippen LogP contribution in [0.25, 0.3) is 0 Å². The summed E-state index contributed by atoms with van der Waals surface area (Å²) in [6, 6.07) is 1.07. The fourth-order valence-corrected chi connectivity index (χ4v) is 2.49. The highest BCUT2D eigenvalue weighted by molar-refractivity contribution is 9.10. The van der Waals surface area contributed by atoms with Crippen LogP contribution < -0.4 is 0 Å². The highest BCUT2D eigenvalue weighted by atomic mass is 79.9. The van der Waals surface area contributed by atoms with Crippen molar-refractivity contribution in [3.63, 3.8) is 0 Å². The lowest BCUT2D eigenvalue weighted by atomic mass is 10.1. The Hall–Kier alpha value is -1.11. The van der Waals surface area contributed by atoms with Crippen LogP contribution in [-0.4, -0.2) is 34.6 Å². The van der Waals surface area contributed by atoms with Crippen molar-refractivity contribution >= 4 is 21.8 Å². The second kappa shape index (κ2) is 5.71. The lowest BCUT2D eigenvalue weighted by Crippen LogP contribution is -2.45. The van der Waals surface area contributed by atoms with Crippen LogP contribution in [0.5, 0.6) is 0 Å². The predicted molar refractivity (Wildman–Crippen MR) is 71.2 cm³/mol. The standard InChI is InChI=1S/C13H14BrF3N2O/c1-8(9-2-3-9)19(7-13(15,16)17)12(20)10-4-11(14)6-18-5-10/h4-6,8-9H,2-3,7H2,1H3. The Balaban J connectivity index is 2.23. The fourth-order valence-electron chi connectivity index (χ4n) is 2.12. The van der Waals surface area contributed by atoms with Crippen molar-refractivity contribution < 1.29 is 18.0 Å². The highest BCUT2D eigenvalue weighted by Gasteiger charge is 2.40.